The normalized spacial score (nSPS) is 21.5. The molecule has 0 bridgehead atoms. The molecule has 0 radical (unpaired) electrons. The molecule has 1 aliphatic rings. The molecule has 2 heterocycles. The van der Waals surface area contributed by atoms with Gasteiger partial charge in [0.05, 0.1) is 5.56 Å². The van der Waals surface area contributed by atoms with E-state index in [-0.39, 0.29) is 17.5 Å². The van der Waals surface area contributed by atoms with E-state index in [0.717, 1.165) is 16.3 Å². The number of amides is 1. The van der Waals surface area contributed by atoms with E-state index in [1.165, 1.54) is 6.07 Å². The number of likely N-dealkylation sites (tertiary alicyclic amines) is 1. The van der Waals surface area contributed by atoms with Crippen molar-refractivity contribution < 1.29 is 4.79 Å². The lowest BCUT2D eigenvalue weighted by Gasteiger charge is -2.22. The lowest BCUT2D eigenvalue weighted by molar-refractivity contribution is 0.0745. The summed E-state index contributed by atoms with van der Waals surface area (Å²) in [5.41, 5.74) is 6.59. The highest BCUT2D eigenvalue weighted by Gasteiger charge is 2.32. The number of nitrogens with zero attached hydrogens (tertiary/aromatic N) is 1. The van der Waals surface area contributed by atoms with Crippen LogP contribution in [0, 0.1) is 5.92 Å². The number of aromatic amines is 1. The van der Waals surface area contributed by atoms with Gasteiger partial charge in [-0.3, -0.25) is 9.59 Å². The minimum atomic E-state index is -0.264. The number of nitrogens with one attached hydrogen (secondary N) is 1. The second-order valence-electron chi connectivity index (χ2n) is 5.88. The first-order chi connectivity index (χ1) is 10.5. The van der Waals surface area contributed by atoms with Crippen molar-refractivity contribution in [2.75, 3.05) is 13.1 Å². The van der Waals surface area contributed by atoms with Crippen molar-refractivity contribution in [1.29, 1.82) is 0 Å². The number of carbonyl (C=O) groups excluding carboxylic acids is 1. The second-order valence-corrected chi connectivity index (χ2v) is 6.80. The topological polar surface area (TPSA) is 79.2 Å². The molecule has 2 aromatic rings. The summed E-state index contributed by atoms with van der Waals surface area (Å²) in [5, 5.41) is 0.752. The van der Waals surface area contributed by atoms with E-state index >= 15 is 0 Å². The molecule has 1 aromatic heterocycles. The first-order valence-electron chi connectivity index (χ1n) is 7.33. The third kappa shape index (κ3) is 2.68. The third-order valence-electron chi connectivity index (χ3n) is 4.29. The van der Waals surface area contributed by atoms with Gasteiger partial charge in [0.2, 0.25) is 5.56 Å². The van der Waals surface area contributed by atoms with E-state index in [1.54, 1.807) is 6.07 Å². The number of aromatic nitrogens is 1. The van der Waals surface area contributed by atoms with Gasteiger partial charge in [-0.05, 0) is 44.0 Å². The first kappa shape index (κ1) is 15.2. The maximum Gasteiger partial charge on any atom is 0.254 e. The number of fused-ring (bicyclic) bond motifs is 1. The summed E-state index contributed by atoms with van der Waals surface area (Å²) < 4.78 is 0.871. The average molecular weight is 364 g/mol. The number of carbonyl (C=O) groups is 1. The Morgan fingerprint density at radius 1 is 1.45 bits per heavy atom. The van der Waals surface area contributed by atoms with Crippen LogP contribution in [0.2, 0.25) is 0 Å². The number of hydrogen-bond donors (Lipinski definition) is 2. The molecule has 3 rings (SSSR count). The molecule has 1 amide bonds. The van der Waals surface area contributed by atoms with Crippen LogP contribution < -0.4 is 11.3 Å². The van der Waals surface area contributed by atoms with Gasteiger partial charge in [-0.15, -0.1) is 0 Å². The molecule has 1 aliphatic heterocycles. The summed E-state index contributed by atoms with van der Waals surface area (Å²) in [4.78, 5) is 29.4. The summed E-state index contributed by atoms with van der Waals surface area (Å²) in [7, 11) is 0. The maximum atomic E-state index is 12.9. The van der Waals surface area contributed by atoms with E-state index in [2.05, 4.69) is 20.9 Å². The number of pyridine rings is 1. The highest BCUT2D eigenvalue weighted by molar-refractivity contribution is 9.10. The smallest absolute Gasteiger partial charge is 0.254 e. The van der Waals surface area contributed by atoms with E-state index in [0.29, 0.717) is 30.1 Å². The van der Waals surface area contributed by atoms with Gasteiger partial charge in [-0.2, -0.15) is 0 Å². The van der Waals surface area contributed by atoms with Gasteiger partial charge in [0.15, 0.2) is 0 Å². The fourth-order valence-electron chi connectivity index (χ4n) is 3.15. The van der Waals surface area contributed by atoms with Gasteiger partial charge in [-0.1, -0.05) is 15.9 Å². The number of nitrogens with two attached hydrogens (primary N) is 1. The SMILES string of the molecule is CC1CC(CN)CN1C(=O)c1cc(=O)[nH]c2ccc(Br)cc12. The number of rotatable bonds is 2. The van der Waals surface area contributed by atoms with Gasteiger partial charge in [0.1, 0.15) is 0 Å². The summed E-state index contributed by atoms with van der Waals surface area (Å²) in [6, 6.07) is 7.03. The fourth-order valence-corrected chi connectivity index (χ4v) is 3.51. The number of hydrogen-bond acceptors (Lipinski definition) is 3. The van der Waals surface area contributed by atoms with Crippen LogP contribution in [0.25, 0.3) is 10.9 Å². The summed E-state index contributed by atoms with van der Waals surface area (Å²) in [6.07, 6.45) is 0.910. The molecule has 0 aliphatic carbocycles. The molecule has 5 nitrogen and oxygen atoms in total. The van der Waals surface area contributed by atoms with Crippen molar-refractivity contribution in [1.82, 2.24) is 9.88 Å². The molecule has 0 spiro atoms. The molecular formula is C16H18BrN3O2. The molecule has 2 unspecified atom stereocenters. The Morgan fingerprint density at radius 3 is 2.91 bits per heavy atom. The minimum absolute atomic E-state index is 0.0994. The summed E-state index contributed by atoms with van der Waals surface area (Å²) >= 11 is 3.42. The molecule has 1 saturated heterocycles. The third-order valence-corrected chi connectivity index (χ3v) is 4.78. The van der Waals surface area contributed by atoms with Crippen LogP contribution in [-0.4, -0.2) is 34.9 Å². The molecule has 1 aromatic carbocycles. The Hall–Kier alpha value is -1.66. The van der Waals surface area contributed by atoms with Crippen LogP contribution >= 0.6 is 15.9 Å². The number of H-pyrrole nitrogens is 1. The van der Waals surface area contributed by atoms with Crippen LogP contribution in [0.1, 0.15) is 23.7 Å². The molecule has 6 heteroatoms. The Morgan fingerprint density at radius 2 is 2.23 bits per heavy atom. The maximum absolute atomic E-state index is 12.9. The molecule has 2 atom stereocenters. The van der Waals surface area contributed by atoms with Crippen LogP contribution in [0.3, 0.4) is 0 Å². The van der Waals surface area contributed by atoms with E-state index < -0.39 is 0 Å². The van der Waals surface area contributed by atoms with Crippen molar-refractivity contribution in [3.05, 3.63) is 44.7 Å². The molecule has 22 heavy (non-hydrogen) atoms. The predicted molar refractivity (Wildman–Crippen MR) is 89.9 cm³/mol. The zero-order valence-electron chi connectivity index (χ0n) is 12.3. The first-order valence-corrected chi connectivity index (χ1v) is 8.12. The van der Waals surface area contributed by atoms with Crippen molar-refractivity contribution in [2.24, 2.45) is 11.7 Å². The van der Waals surface area contributed by atoms with Gasteiger partial charge < -0.3 is 15.6 Å². The van der Waals surface area contributed by atoms with Crippen LogP contribution in [-0.2, 0) is 0 Å². The second kappa shape index (κ2) is 5.85. The van der Waals surface area contributed by atoms with Gasteiger partial charge in [0.25, 0.3) is 5.91 Å². The van der Waals surface area contributed by atoms with Crippen molar-refractivity contribution in [2.45, 2.75) is 19.4 Å². The standard InChI is InChI=1S/C16H18BrN3O2/c1-9-4-10(7-18)8-20(9)16(22)13-6-15(21)19-14-3-2-11(17)5-12(13)14/h2-3,5-6,9-10H,4,7-8,18H2,1H3,(H,19,21). The number of halogens is 1. The van der Waals surface area contributed by atoms with Crippen molar-refractivity contribution in [3.8, 4) is 0 Å². The largest absolute Gasteiger partial charge is 0.336 e. The monoisotopic (exact) mass is 363 g/mol. The van der Waals surface area contributed by atoms with Crippen molar-refractivity contribution >= 4 is 32.7 Å². The fraction of sp³-hybridized carbons (Fsp3) is 0.375. The van der Waals surface area contributed by atoms with Crippen LogP contribution in [0.4, 0.5) is 0 Å². The highest BCUT2D eigenvalue weighted by atomic mass is 79.9. The van der Waals surface area contributed by atoms with Crippen molar-refractivity contribution in [3.63, 3.8) is 0 Å². The molecular weight excluding hydrogens is 346 g/mol. The van der Waals surface area contributed by atoms with E-state index in [1.807, 2.05) is 24.0 Å². The number of benzene rings is 1. The zero-order valence-corrected chi connectivity index (χ0v) is 13.9. The Balaban J connectivity index is 2.07. The minimum Gasteiger partial charge on any atom is -0.336 e. The lowest BCUT2D eigenvalue weighted by atomic mass is 10.1. The predicted octanol–water partition coefficient (Wildman–Crippen LogP) is 2.10. The lowest BCUT2D eigenvalue weighted by Crippen LogP contribution is -2.35. The zero-order chi connectivity index (χ0) is 15.9. The summed E-state index contributed by atoms with van der Waals surface area (Å²) in [5.74, 6) is 0.233. The molecule has 0 saturated carbocycles. The van der Waals surface area contributed by atoms with Crippen LogP contribution in [0.15, 0.2) is 33.5 Å². The molecule has 1 fully saturated rings. The molecule has 116 valence electrons. The van der Waals surface area contributed by atoms with Gasteiger partial charge in [0, 0.05) is 34.0 Å². The van der Waals surface area contributed by atoms with Gasteiger partial charge in [-0.25, -0.2) is 0 Å². The quantitative estimate of drug-likeness (QED) is 0.857. The van der Waals surface area contributed by atoms with Gasteiger partial charge >= 0.3 is 0 Å². The van der Waals surface area contributed by atoms with E-state index in [9.17, 15) is 9.59 Å². The van der Waals surface area contributed by atoms with E-state index in [4.69, 9.17) is 5.73 Å². The Bertz CT molecular complexity index is 787. The molecule has 3 N–H and O–H groups in total. The summed E-state index contributed by atoms with van der Waals surface area (Å²) in [6.45, 7) is 3.26. The Labute approximate surface area is 136 Å². The average Bonchev–Trinajstić information content (AvgIpc) is 2.87. The Kier molecular flexibility index (Phi) is 4.06. The van der Waals surface area contributed by atoms with Crippen LogP contribution in [0.5, 0.6) is 0 Å². The highest BCUT2D eigenvalue weighted by Crippen LogP contribution is 2.27.